The molecule has 0 unspecified atom stereocenters. The minimum Gasteiger partial charge on any atom is -0.477 e. The molecule has 0 saturated carbocycles. The molecule has 5 aromatic rings. The highest BCUT2D eigenvalue weighted by Gasteiger charge is 2.29. The Balaban J connectivity index is 1.52. The van der Waals surface area contributed by atoms with Gasteiger partial charge in [0.25, 0.3) is 5.91 Å². The third-order valence-electron chi connectivity index (χ3n) is 5.92. The van der Waals surface area contributed by atoms with E-state index in [1.807, 2.05) is 44.2 Å². The molecule has 0 bridgehead atoms. The molecule has 3 N–H and O–H groups in total. The van der Waals surface area contributed by atoms with E-state index in [0.717, 1.165) is 22.5 Å². The summed E-state index contributed by atoms with van der Waals surface area (Å²) in [7, 11) is 0. The van der Waals surface area contributed by atoms with Gasteiger partial charge in [-0.3, -0.25) is 4.79 Å². The van der Waals surface area contributed by atoms with E-state index in [1.54, 1.807) is 28.9 Å². The van der Waals surface area contributed by atoms with Gasteiger partial charge in [0.1, 0.15) is 10.7 Å². The summed E-state index contributed by atoms with van der Waals surface area (Å²) in [5, 5.41) is 15.1. The van der Waals surface area contributed by atoms with Crippen molar-refractivity contribution in [1.82, 2.24) is 14.6 Å². The molecule has 192 valence electrons. The largest absolute Gasteiger partial charge is 0.477 e. The number of halogens is 2. The predicted molar refractivity (Wildman–Crippen MR) is 152 cm³/mol. The van der Waals surface area contributed by atoms with Gasteiger partial charge in [-0.25, -0.2) is 9.78 Å². The molecule has 5 rings (SSSR count). The van der Waals surface area contributed by atoms with Crippen molar-refractivity contribution >= 4 is 63.6 Å². The molecular formula is C27H21Cl2N5O3S. The Hall–Kier alpha value is -3.92. The van der Waals surface area contributed by atoms with Crippen molar-refractivity contribution in [3.8, 4) is 21.7 Å². The second-order valence-corrected chi connectivity index (χ2v) is 10.7. The van der Waals surface area contributed by atoms with E-state index in [-0.39, 0.29) is 21.5 Å². The van der Waals surface area contributed by atoms with Crippen LogP contribution in [0.4, 0.5) is 11.5 Å². The number of rotatable bonds is 6. The smallest absolute Gasteiger partial charge is 0.348 e. The average Bonchev–Trinajstić information content (AvgIpc) is 3.50. The second-order valence-electron chi connectivity index (χ2n) is 8.77. The molecule has 0 aliphatic heterocycles. The first kappa shape index (κ1) is 25.7. The number of fused-ring (bicyclic) bond motifs is 1. The van der Waals surface area contributed by atoms with E-state index >= 15 is 0 Å². The van der Waals surface area contributed by atoms with Gasteiger partial charge in [0.15, 0.2) is 5.65 Å². The van der Waals surface area contributed by atoms with E-state index in [1.165, 1.54) is 17.0 Å². The third kappa shape index (κ3) is 4.71. The van der Waals surface area contributed by atoms with E-state index in [4.69, 9.17) is 28.9 Å². The quantitative estimate of drug-likeness (QED) is 0.235. The van der Waals surface area contributed by atoms with Crippen molar-refractivity contribution in [3.05, 3.63) is 87.3 Å². The zero-order valence-electron chi connectivity index (χ0n) is 20.2. The number of nitrogen functional groups attached to an aromatic ring is 1. The number of carbonyl (C=O) groups is 2. The van der Waals surface area contributed by atoms with Gasteiger partial charge in [0.05, 0.1) is 22.0 Å². The molecule has 3 heterocycles. The maximum atomic E-state index is 13.5. The van der Waals surface area contributed by atoms with Gasteiger partial charge < -0.3 is 15.7 Å². The summed E-state index contributed by atoms with van der Waals surface area (Å²) < 4.78 is 1.57. The van der Waals surface area contributed by atoms with Crippen LogP contribution >= 0.6 is 34.5 Å². The van der Waals surface area contributed by atoms with Crippen molar-refractivity contribution in [2.45, 2.75) is 19.9 Å². The molecular weight excluding hydrogens is 545 g/mol. The molecule has 38 heavy (non-hydrogen) atoms. The molecule has 0 saturated heterocycles. The number of thiophene rings is 1. The van der Waals surface area contributed by atoms with Crippen LogP contribution in [0.2, 0.25) is 10.0 Å². The molecule has 0 aliphatic carbocycles. The zero-order chi connectivity index (χ0) is 27.1. The fourth-order valence-electron chi connectivity index (χ4n) is 4.13. The summed E-state index contributed by atoms with van der Waals surface area (Å²) in [5.41, 5.74) is 9.51. The van der Waals surface area contributed by atoms with Gasteiger partial charge in [-0.15, -0.1) is 11.3 Å². The Kier molecular flexibility index (Phi) is 6.83. The Labute approximate surface area is 231 Å². The number of benzene rings is 2. The lowest BCUT2D eigenvalue weighted by atomic mass is 10.1. The lowest BCUT2D eigenvalue weighted by Crippen LogP contribution is -2.37. The maximum Gasteiger partial charge on any atom is 0.348 e. The van der Waals surface area contributed by atoms with E-state index in [2.05, 4.69) is 10.1 Å². The van der Waals surface area contributed by atoms with E-state index < -0.39 is 11.9 Å². The number of aromatic carboxylic acids is 1. The summed E-state index contributed by atoms with van der Waals surface area (Å²) in [5.74, 6) is -1.05. The fraction of sp³-hybridized carbons (Fsp3) is 0.111. The average molecular weight is 566 g/mol. The highest BCUT2D eigenvalue weighted by atomic mass is 35.5. The van der Waals surface area contributed by atoms with Gasteiger partial charge in [0, 0.05) is 33.8 Å². The molecule has 0 atom stereocenters. The number of carboxylic acid groups (broad SMARTS) is 1. The summed E-state index contributed by atoms with van der Waals surface area (Å²) in [6.45, 7) is 3.63. The van der Waals surface area contributed by atoms with Crippen LogP contribution in [0.5, 0.6) is 0 Å². The van der Waals surface area contributed by atoms with Crippen molar-refractivity contribution < 1.29 is 14.7 Å². The molecule has 0 radical (unpaired) electrons. The lowest BCUT2D eigenvalue weighted by Gasteiger charge is -2.27. The number of nitrogens with two attached hydrogens (primary N) is 1. The number of hydrogen-bond acceptors (Lipinski definition) is 6. The van der Waals surface area contributed by atoms with Gasteiger partial charge in [0.2, 0.25) is 0 Å². The number of nitrogens with zero attached hydrogens (tertiary/aromatic N) is 4. The van der Waals surface area contributed by atoms with Crippen LogP contribution in [0.1, 0.15) is 33.9 Å². The molecule has 3 aromatic heterocycles. The minimum absolute atomic E-state index is 0.0538. The molecule has 0 aliphatic rings. The van der Waals surface area contributed by atoms with Crippen LogP contribution in [0.25, 0.3) is 27.3 Å². The van der Waals surface area contributed by atoms with Crippen molar-refractivity contribution in [3.63, 3.8) is 0 Å². The first-order chi connectivity index (χ1) is 18.1. The Morgan fingerprint density at radius 3 is 2.37 bits per heavy atom. The molecule has 1 amide bonds. The normalized spacial score (nSPS) is 11.3. The SMILES string of the molecule is CC(C)N(C(=O)c1ccc(Cl)cc1Cl)c1cc(-c2ccc(-c3cc4nccc(N)n4n3)cc2)sc1C(=O)O. The number of carboxylic acids is 1. The van der Waals surface area contributed by atoms with Gasteiger partial charge in [-0.2, -0.15) is 9.61 Å². The number of anilines is 2. The van der Waals surface area contributed by atoms with Crippen LogP contribution in [0, 0.1) is 0 Å². The highest BCUT2D eigenvalue weighted by molar-refractivity contribution is 7.18. The first-order valence-corrected chi connectivity index (χ1v) is 13.1. The maximum absolute atomic E-state index is 13.5. The summed E-state index contributed by atoms with van der Waals surface area (Å²) in [6.07, 6.45) is 1.62. The van der Waals surface area contributed by atoms with Crippen molar-refractivity contribution in [2.24, 2.45) is 0 Å². The number of amides is 1. The first-order valence-electron chi connectivity index (χ1n) is 11.5. The molecule has 0 spiro atoms. The zero-order valence-corrected chi connectivity index (χ0v) is 22.6. The van der Waals surface area contributed by atoms with Crippen molar-refractivity contribution in [2.75, 3.05) is 10.6 Å². The minimum atomic E-state index is -1.12. The Morgan fingerprint density at radius 2 is 1.74 bits per heavy atom. The third-order valence-corrected chi connectivity index (χ3v) is 7.62. The second kappa shape index (κ2) is 10.1. The monoisotopic (exact) mass is 565 g/mol. The molecule has 8 nitrogen and oxygen atoms in total. The Morgan fingerprint density at radius 1 is 1.03 bits per heavy atom. The van der Waals surface area contributed by atoms with Gasteiger partial charge >= 0.3 is 5.97 Å². The summed E-state index contributed by atoms with van der Waals surface area (Å²) in [6, 6.07) is 17.1. The number of aromatic nitrogens is 3. The highest BCUT2D eigenvalue weighted by Crippen LogP contribution is 2.39. The molecule has 11 heteroatoms. The van der Waals surface area contributed by atoms with Crippen molar-refractivity contribution in [1.29, 1.82) is 0 Å². The predicted octanol–water partition coefficient (Wildman–Crippen LogP) is 6.77. The standard InChI is InChI=1S/C27H21Cl2N5O3S/c1-14(2)33(26(35)18-8-7-17(28)11-19(18)29)21-13-22(38-25(21)27(36)37)16-5-3-15(4-6-16)20-12-24-31-10-9-23(30)34(24)32-20/h3-14H,30H2,1-2H3,(H,36,37). The van der Waals surface area contributed by atoms with E-state index in [9.17, 15) is 14.7 Å². The van der Waals surface area contributed by atoms with Crippen LogP contribution in [0.15, 0.2) is 66.9 Å². The van der Waals surface area contributed by atoms with Gasteiger partial charge in [-0.1, -0.05) is 47.5 Å². The number of carbonyl (C=O) groups excluding carboxylic acids is 1. The topological polar surface area (TPSA) is 114 Å². The summed E-state index contributed by atoms with van der Waals surface area (Å²) >= 11 is 13.4. The van der Waals surface area contributed by atoms with Crippen LogP contribution in [-0.4, -0.2) is 37.6 Å². The van der Waals surface area contributed by atoms with E-state index in [0.29, 0.717) is 32.7 Å². The van der Waals surface area contributed by atoms with Crippen LogP contribution in [0.3, 0.4) is 0 Å². The summed E-state index contributed by atoms with van der Waals surface area (Å²) in [4.78, 5) is 32.2. The Bertz CT molecular complexity index is 1700. The van der Waals surface area contributed by atoms with Crippen LogP contribution in [-0.2, 0) is 0 Å². The molecule has 0 fully saturated rings. The lowest BCUT2D eigenvalue weighted by molar-refractivity contribution is 0.0703. The fourth-order valence-corrected chi connectivity index (χ4v) is 5.61. The van der Waals surface area contributed by atoms with Gasteiger partial charge in [-0.05, 0) is 49.7 Å². The molecule has 2 aromatic carbocycles. The number of hydrogen-bond donors (Lipinski definition) is 2. The van der Waals surface area contributed by atoms with Crippen LogP contribution < -0.4 is 10.6 Å².